The molecule has 0 amide bonds. The van der Waals surface area contributed by atoms with E-state index in [9.17, 15) is 10.4 Å². The lowest BCUT2D eigenvalue weighted by molar-refractivity contribution is 0.0128. The van der Waals surface area contributed by atoms with Gasteiger partial charge < -0.3 is 5.11 Å². The van der Waals surface area contributed by atoms with Crippen molar-refractivity contribution in [2.24, 2.45) is 11.3 Å². The molecular formula is C17H31NO. The summed E-state index contributed by atoms with van der Waals surface area (Å²) in [5.41, 5.74) is -0.441. The highest BCUT2D eigenvalue weighted by Gasteiger charge is 2.41. The molecule has 0 aromatic rings. The first-order valence-corrected chi connectivity index (χ1v) is 8.27. The van der Waals surface area contributed by atoms with Crippen molar-refractivity contribution in [2.45, 2.75) is 90.6 Å². The van der Waals surface area contributed by atoms with Crippen molar-refractivity contribution in [1.82, 2.24) is 0 Å². The first-order chi connectivity index (χ1) is 9.18. The number of hydrogen-bond acceptors (Lipinski definition) is 2. The van der Waals surface area contributed by atoms with Gasteiger partial charge in [0.05, 0.1) is 17.6 Å². The molecule has 1 rings (SSSR count). The number of aliphatic hydroxyl groups is 1. The second kappa shape index (κ2) is 8.59. The number of unbranched alkanes of at least 4 members (excludes halogenated alkanes) is 4. The molecule has 0 heterocycles. The summed E-state index contributed by atoms with van der Waals surface area (Å²) in [5, 5.41) is 20.0. The molecule has 0 spiro atoms. The average Bonchev–Trinajstić information content (AvgIpc) is 2.46. The van der Waals surface area contributed by atoms with Crippen LogP contribution in [0.25, 0.3) is 0 Å². The monoisotopic (exact) mass is 265 g/mol. The van der Waals surface area contributed by atoms with Crippen LogP contribution >= 0.6 is 0 Å². The van der Waals surface area contributed by atoms with E-state index in [1.807, 2.05) is 0 Å². The van der Waals surface area contributed by atoms with Gasteiger partial charge in [-0.3, -0.25) is 0 Å². The van der Waals surface area contributed by atoms with Crippen LogP contribution in [0.15, 0.2) is 0 Å². The topological polar surface area (TPSA) is 44.0 Å². The average molecular weight is 265 g/mol. The fourth-order valence-electron chi connectivity index (χ4n) is 3.47. The minimum absolute atomic E-state index is 0.409. The summed E-state index contributed by atoms with van der Waals surface area (Å²) in [6.45, 7) is 4.42. The van der Waals surface area contributed by atoms with Gasteiger partial charge in [-0.15, -0.1) is 0 Å². The molecule has 2 heteroatoms. The van der Waals surface area contributed by atoms with Crippen molar-refractivity contribution in [3.05, 3.63) is 0 Å². The van der Waals surface area contributed by atoms with Gasteiger partial charge in [-0.1, -0.05) is 65.2 Å². The molecule has 1 saturated carbocycles. The van der Waals surface area contributed by atoms with Gasteiger partial charge in [-0.2, -0.15) is 5.26 Å². The van der Waals surface area contributed by atoms with E-state index in [1.54, 1.807) is 0 Å². The Morgan fingerprint density at radius 1 is 1.26 bits per heavy atom. The summed E-state index contributed by atoms with van der Waals surface area (Å²) in [6, 6.07) is 2.48. The van der Waals surface area contributed by atoms with Crippen LogP contribution < -0.4 is 0 Å². The first kappa shape index (κ1) is 16.5. The molecule has 19 heavy (non-hydrogen) atoms. The van der Waals surface area contributed by atoms with Crippen LogP contribution in [0.1, 0.15) is 84.5 Å². The zero-order valence-corrected chi connectivity index (χ0v) is 12.8. The van der Waals surface area contributed by atoms with Crippen LogP contribution in [0.3, 0.4) is 0 Å². The highest BCUT2D eigenvalue weighted by Crippen LogP contribution is 2.44. The molecule has 1 aliphatic rings. The van der Waals surface area contributed by atoms with E-state index in [4.69, 9.17) is 0 Å². The van der Waals surface area contributed by atoms with Gasteiger partial charge >= 0.3 is 0 Å². The van der Waals surface area contributed by atoms with Crippen LogP contribution in [-0.2, 0) is 0 Å². The molecule has 1 fully saturated rings. The highest BCUT2D eigenvalue weighted by molar-refractivity contribution is 5.06. The molecule has 0 bridgehead atoms. The lowest BCUT2D eigenvalue weighted by atomic mass is 9.66. The number of hydrogen-bond donors (Lipinski definition) is 1. The van der Waals surface area contributed by atoms with Gasteiger partial charge in [0.25, 0.3) is 0 Å². The van der Waals surface area contributed by atoms with Gasteiger partial charge in [0.2, 0.25) is 0 Å². The molecule has 0 radical (unpaired) electrons. The van der Waals surface area contributed by atoms with Gasteiger partial charge in [0.15, 0.2) is 0 Å². The Morgan fingerprint density at radius 3 is 2.63 bits per heavy atom. The van der Waals surface area contributed by atoms with Crippen LogP contribution in [-0.4, -0.2) is 11.2 Å². The predicted octanol–water partition coefficient (Wildman–Crippen LogP) is 4.82. The SMILES string of the molecule is CCCCCCCC(O)C1(C#N)CCCC(CC)C1. The standard InChI is InChI=1S/C17H31NO/c1-3-5-6-7-8-11-16(19)17(14-18)12-9-10-15(4-2)13-17/h15-16,19H,3-13H2,1-2H3. The van der Waals surface area contributed by atoms with Crippen molar-refractivity contribution in [2.75, 3.05) is 0 Å². The van der Waals surface area contributed by atoms with E-state index in [0.29, 0.717) is 5.92 Å². The molecule has 1 aliphatic carbocycles. The van der Waals surface area contributed by atoms with Crippen LogP contribution in [0, 0.1) is 22.7 Å². The summed E-state index contributed by atoms with van der Waals surface area (Å²) in [4.78, 5) is 0. The Labute approximate surface area is 119 Å². The smallest absolute Gasteiger partial charge is 0.0834 e. The maximum atomic E-state index is 10.5. The normalized spacial score (nSPS) is 28.8. The van der Waals surface area contributed by atoms with E-state index in [-0.39, 0.29) is 0 Å². The van der Waals surface area contributed by atoms with E-state index in [2.05, 4.69) is 19.9 Å². The number of aliphatic hydroxyl groups excluding tert-OH is 1. The van der Waals surface area contributed by atoms with Crippen LogP contribution in [0.4, 0.5) is 0 Å². The van der Waals surface area contributed by atoms with Crippen molar-refractivity contribution < 1.29 is 5.11 Å². The third-order valence-electron chi connectivity index (χ3n) is 4.91. The summed E-state index contributed by atoms with van der Waals surface area (Å²) in [5.74, 6) is 0.642. The zero-order chi connectivity index (χ0) is 14.1. The fraction of sp³-hybridized carbons (Fsp3) is 0.941. The summed E-state index contributed by atoms with van der Waals surface area (Å²) < 4.78 is 0. The number of rotatable bonds is 8. The first-order valence-electron chi connectivity index (χ1n) is 8.27. The summed E-state index contributed by atoms with van der Waals surface area (Å²) >= 11 is 0. The molecule has 2 nitrogen and oxygen atoms in total. The zero-order valence-electron chi connectivity index (χ0n) is 12.8. The molecule has 3 unspecified atom stereocenters. The summed E-state index contributed by atoms with van der Waals surface area (Å²) in [6.07, 6.45) is 11.8. The minimum Gasteiger partial charge on any atom is -0.391 e. The van der Waals surface area contributed by atoms with Gasteiger partial charge in [-0.05, 0) is 25.2 Å². The molecule has 1 N–H and O–H groups in total. The van der Waals surface area contributed by atoms with Crippen molar-refractivity contribution in [3.8, 4) is 6.07 Å². The second-order valence-electron chi connectivity index (χ2n) is 6.36. The Hall–Kier alpha value is -0.550. The molecule has 110 valence electrons. The van der Waals surface area contributed by atoms with Crippen LogP contribution in [0.5, 0.6) is 0 Å². The van der Waals surface area contributed by atoms with Gasteiger partial charge in [0, 0.05) is 0 Å². The predicted molar refractivity (Wildman–Crippen MR) is 79.7 cm³/mol. The number of nitriles is 1. The lowest BCUT2D eigenvalue weighted by Crippen LogP contribution is -2.38. The van der Waals surface area contributed by atoms with Crippen molar-refractivity contribution >= 4 is 0 Å². The maximum Gasteiger partial charge on any atom is 0.0834 e. The van der Waals surface area contributed by atoms with E-state index >= 15 is 0 Å². The van der Waals surface area contributed by atoms with Crippen LogP contribution in [0.2, 0.25) is 0 Å². The lowest BCUT2D eigenvalue weighted by Gasteiger charge is -2.39. The molecular weight excluding hydrogens is 234 g/mol. The molecule has 3 atom stereocenters. The third kappa shape index (κ3) is 4.80. The third-order valence-corrected chi connectivity index (χ3v) is 4.91. The van der Waals surface area contributed by atoms with Gasteiger partial charge in [0.1, 0.15) is 0 Å². The van der Waals surface area contributed by atoms with E-state index in [1.165, 1.54) is 32.1 Å². The molecule has 0 aromatic carbocycles. The summed E-state index contributed by atoms with van der Waals surface area (Å²) in [7, 11) is 0. The molecule has 0 aromatic heterocycles. The Balaban J connectivity index is 2.42. The minimum atomic E-state index is -0.441. The fourth-order valence-corrected chi connectivity index (χ4v) is 3.47. The number of nitrogens with zero attached hydrogens (tertiary/aromatic N) is 1. The van der Waals surface area contributed by atoms with E-state index in [0.717, 1.165) is 38.5 Å². The Bertz CT molecular complexity index is 283. The Kier molecular flexibility index (Phi) is 7.46. The quantitative estimate of drug-likeness (QED) is 0.639. The highest BCUT2D eigenvalue weighted by atomic mass is 16.3. The second-order valence-corrected chi connectivity index (χ2v) is 6.36. The van der Waals surface area contributed by atoms with Crippen molar-refractivity contribution in [3.63, 3.8) is 0 Å². The Morgan fingerprint density at radius 2 is 2.00 bits per heavy atom. The van der Waals surface area contributed by atoms with E-state index < -0.39 is 11.5 Å². The van der Waals surface area contributed by atoms with Gasteiger partial charge in [-0.25, -0.2) is 0 Å². The maximum absolute atomic E-state index is 10.5. The molecule has 0 aliphatic heterocycles. The molecule has 0 saturated heterocycles. The largest absolute Gasteiger partial charge is 0.391 e. The van der Waals surface area contributed by atoms with Crippen molar-refractivity contribution in [1.29, 1.82) is 5.26 Å².